The van der Waals surface area contributed by atoms with Gasteiger partial charge in [0.1, 0.15) is 13.7 Å². The second-order valence-electron chi connectivity index (χ2n) is 3.53. The van der Waals surface area contributed by atoms with E-state index >= 15 is 0 Å². The summed E-state index contributed by atoms with van der Waals surface area (Å²) < 4.78 is 8.87. The topological polar surface area (TPSA) is 62.5 Å². The third-order valence-electron chi connectivity index (χ3n) is 1.57. The van der Waals surface area contributed by atoms with E-state index in [1.807, 2.05) is 7.11 Å². The van der Waals surface area contributed by atoms with Crippen molar-refractivity contribution in [2.24, 2.45) is 11.8 Å². The number of rotatable bonds is 6. The van der Waals surface area contributed by atoms with Crippen molar-refractivity contribution in [3.63, 3.8) is 0 Å². The summed E-state index contributed by atoms with van der Waals surface area (Å²) in [5.41, 5.74) is 0. The van der Waals surface area contributed by atoms with Crippen LogP contribution < -0.4 is 0 Å². The quantitative estimate of drug-likeness (QED) is 0.607. The summed E-state index contributed by atoms with van der Waals surface area (Å²) >= 11 is 0. The summed E-state index contributed by atoms with van der Waals surface area (Å²) in [5, 5.41) is 16.3. The van der Waals surface area contributed by atoms with Crippen LogP contribution in [0.1, 0.15) is 13.8 Å². The van der Waals surface area contributed by atoms with E-state index in [0.29, 0.717) is 5.92 Å². The van der Waals surface area contributed by atoms with Gasteiger partial charge in [-0.1, -0.05) is 13.8 Å². The Labute approximate surface area is 86.8 Å². The average molecular weight is 209 g/mol. The van der Waals surface area contributed by atoms with Gasteiger partial charge in [-0.25, -0.2) is 0 Å². The molecule has 0 saturated heterocycles. The third-order valence-corrected chi connectivity index (χ3v) is 1.57. The van der Waals surface area contributed by atoms with Crippen LogP contribution in [0.4, 0.5) is 0 Å². The Morgan fingerprint density at radius 3 is 1.86 bits per heavy atom. The largest absolute Gasteiger partial charge is 0.436 e. The first-order valence-electron chi connectivity index (χ1n) is 4.88. The van der Waals surface area contributed by atoms with E-state index < -0.39 is 0 Å². The van der Waals surface area contributed by atoms with Crippen molar-refractivity contribution in [2.45, 2.75) is 13.8 Å². The fourth-order valence-electron chi connectivity index (χ4n) is 0.707. The minimum absolute atomic E-state index is 0.0463. The maximum atomic E-state index is 8.17. The van der Waals surface area contributed by atoms with Gasteiger partial charge < -0.3 is 19.7 Å². The number of methoxy groups -OCH3 is 1. The molecule has 3 N–H and O–H groups in total. The smallest absolute Gasteiger partial charge is 0.149 e. The molecule has 4 nitrogen and oxygen atoms in total. The maximum absolute atomic E-state index is 8.17. The highest BCUT2D eigenvalue weighted by Gasteiger charge is 2.00. The SMILES string of the molecule is CC(CO)CO.COCC(C)C[OH+]C. The van der Waals surface area contributed by atoms with Crippen molar-refractivity contribution in [3.05, 3.63) is 0 Å². The predicted molar refractivity (Wildman–Crippen MR) is 57.4 cm³/mol. The molecule has 88 valence electrons. The molecule has 0 radical (unpaired) electrons. The number of aliphatic hydroxyl groups excluding tert-OH is 2. The van der Waals surface area contributed by atoms with Crippen molar-refractivity contribution in [2.75, 3.05) is 40.6 Å². The minimum atomic E-state index is 0.0463. The van der Waals surface area contributed by atoms with Crippen LogP contribution in [0.5, 0.6) is 0 Å². The molecule has 0 aliphatic rings. The van der Waals surface area contributed by atoms with Gasteiger partial charge >= 0.3 is 0 Å². The van der Waals surface area contributed by atoms with Crippen LogP contribution in [-0.4, -0.2) is 55.6 Å². The van der Waals surface area contributed by atoms with Crippen molar-refractivity contribution in [3.8, 4) is 0 Å². The van der Waals surface area contributed by atoms with Gasteiger partial charge in [-0.3, -0.25) is 0 Å². The van der Waals surface area contributed by atoms with Gasteiger partial charge in [0.25, 0.3) is 0 Å². The minimum Gasteiger partial charge on any atom is -0.436 e. The molecule has 1 unspecified atom stereocenters. The predicted octanol–water partition coefficient (Wildman–Crippen LogP) is 0.0338. The summed E-state index contributed by atoms with van der Waals surface area (Å²) in [6.45, 7) is 5.79. The first-order chi connectivity index (χ1) is 6.62. The van der Waals surface area contributed by atoms with E-state index in [2.05, 4.69) is 11.7 Å². The highest BCUT2D eigenvalue weighted by atomic mass is 16.5. The molecular formula is C10H25O4+. The van der Waals surface area contributed by atoms with Gasteiger partial charge in [-0.15, -0.1) is 0 Å². The van der Waals surface area contributed by atoms with E-state index in [9.17, 15) is 0 Å². The van der Waals surface area contributed by atoms with E-state index in [0.717, 1.165) is 13.2 Å². The summed E-state index contributed by atoms with van der Waals surface area (Å²) in [7, 11) is 3.54. The second kappa shape index (κ2) is 12.8. The van der Waals surface area contributed by atoms with Crippen LogP contribution in [0.15, 0.2) is 0 Å². The molecule has 0 bridgehead atoms. The Hall–Kier alpha value is -0.160. The standard InChI is InChI=1S/C6H14O2.C4H10O2/c1-6(4-7-2)5-8-3;1-4(2-5)3-6/h6H,4-5H2,1-3H3;4-6H,2-3H2,1H3/p+1. The number of aliphatic hydroxyl groups is 4. The molecule has 1 atom stereocenters. The average Bonchev–Trinajstić information content (AvgIpc) is 2.18. The van der Waals surface area contributed by atoms with Gasteiger partial charge in [0.15, 0.2) is 0 Å². The van der Waals surface area contributed by atoms with Crippen LogP contribution in [0, 0.1) is 11.8 Å². The van der Waals surface area contributed by atoms with Crippen molar-refractivity contribution in [1.82, 2.24) is 0 Å². The Balaban J connectivity index is 0. The zero-order valence-corrected chi connectivity index (χ0v) is 9.73. The van der Waals surface area contributed by atoms with Crippen molar-refractivity contribution in [1.29, 1.82) is 0 Å². The maximum Gasteiger partial charge on any atom is 0.149 e. The van der Waals surface area contributed by atoms with Crippen LogP contribution in [-0.2, 0) is 4.74 Å². The molecule has 0 aromatic heterocycles. The van der Waals surface area contributed by atoms with Gasteiger partial charge in [0.2, 0.25) is 0 Å². The summed E-state index contributed by atoms with van der Waals surface area (Å²) in [5.74, 6) is 0.620. The normalized spacial score (nSPS) is 12.2. The zero-order chi connectivity index (χ0) is 11.4. The summed E-state index contributed by atoms with van der Waals surface area (Å²) in [6, 6.07) is 0. The molecule has 0 rings (SSSR count). The lowest BCUT2D eigenvalue weighted by Crippen LogP contribution is -2.11. The Morgan fingerprint density at radius 2 is 1.64 bits per heavy atom. The molecule has 0 aliphatic heterocycles. The lowest BCUT2D eigenvalue weighted by molar-refractivity contribution is -0.0241. The van der Waals surface area contributed by atoms with E-state index in [4.69, 9.17) is 14.9 Å². The number of ether oxygens (including phenoxy) is 2. The third kappa shape index (κ3) is 14.4. The molecule has 0 aliphatic carbocycles. The van der Waals surface area contributed by atoms with E-state index in [1.165, 1.54) is 0 Å². The first-order valence-corrected chi connectivity index (χ1v) is 4.88. The molecule has 0 aromatic carbocycles. The lowest BCUT2D eigenvalue weighted by atomic mass is 10.2. The highest BCUT2D eigenvalue weighted by molar-refractivity contribution is 4.44. The van der Waals surface area contributed by atoms with Crippen molar-refractivity contribution >= 4 is 0 Å². The van der Waals surface area contributed by atoms with Gasteiger partial charge in [-0.05, 0) is 0 Å². The van der Waals surface area contributed by atoms with Crippen LogP contribution in [0.3, 0.4) is 0 Å². The van der Waals surface area contributed by atoms with Crippen LogP contribution in [0.25, 0.3) is 0 Å². The molecule has 0 spiro atoms. The molecular weight excluding hydrogens is 184 g/mol. The zero-order valence-electron chi connectivity index (χ0n) is 9.73. The van der Waals surface area contributed by atoms with Crippen molar-refractivity contribution < 1.29 is 19.7 Å². The monoisotopic (exact) mass is 209 g/mol. The van der Waals surface area contributed by atoms with E-state index in [1.54, 1.807) is 14.0 Å². The Kier molecular flexibility index (Phi) is 14.9. The van der Waals surface area contributed by atoms with Crippen LogP contribution in [0.2, 0.25) is 0 Å². The van der Waals surface area contributed by atoms with Crippen LogP contribution >= 0.6 is 0 Å². The summed E-state index contributed by atoms with van der Waals surface area (Å²) in [6.07, 6.45) is 0. The van der Waals surface area contributed by atoms with Gasteiger partial charge in [0.05, 0.1) is 6.61 Å². The molecule has 14 heavy (non-hydrogen) atoms. The fourth-order valence-corrected chi connectivity index (χ4v) is 0.707. The Morgan fingerprint density at radius 1 is 1.14 bits per heavy atom. The Bertz CT molecular complexity index is 88.1. The van der Waals surface area contributed by atoms with E-state index in [-0.39, 0.29) is 19.1 Å². The second-order valence-corrected chi connectivity index (χ2v) is 3.53. The molecule has 0 heterocycles. The molecule has 0 amide bonds. The number of hydrogen-bond donors (Lipinski definition) is 2. The fraction of sp³-hybridized carbons (Fsp3) is 1.00. The molecule has 0 fully saturated rings. The highest BCUT2D eigenvalue weighted by Crippen LogP contribution is 1.91. The summed E-state index contributed by atoms with van der Waals surface area (Å²) in [4.78, 5) is 0. The lowest BCUT2D eigenvalue weighted by Gasteiger charge is -2.03. The number of hydrogen-bond acceptors (Lipinski definition) is 3. The first kappa shape index (κ1) is 16.3. The van der Waals surface area contributed by atoms with Gasteiger partial charge in [0, 0.05) is 32.2 Å². The molecule has 0 aromatic rings. The van der Waals surface area contributed by atoms with Gasteiger partial charge in [-0.2, -0.15) is 0 Å². The molecule has 4 heteroatoms. The molecule has 0 saturated carbocycles.